The molecule has 0 amide bonds. The van der Waals surface area contributed by atoms with E-state index in [1.54, 1.807) is 0 Å². The highest BCUT2D eigenvalue weighted by molar-refractivity contribution is 5.32. The third-order valence-corrected chi connectivity index (χ3v) is 1.74. The smallest absolute Gasteiger partial charge is 0.335 e. The monoisotopic (exact) mass is 204 g/mol. The van der Waals surface area contributed by atoms with Gasteiger partial charge in [0.05, 0.1) is 0 Å². The molecule has 1 rings (SSSR count). The van der Waals surface area contributed by atoms with E-state index in [1.165, 1.54) is 6.92 Å². The van der Waals surface area contributed by atoms with E-state index in [9.17, 15) is 23.7 Å². The minimum atomic E-state index is -2.89. The van der Waals surface area contributed by atoms with Gasteiger partial charge in [-0.05, 0) is 11.8 Å². The topological polar surface area (TPSA) is 76.0 Å². The maximum atomic E-state index is 12.3. The molecule has 1 heterocycles. The largest absolute Gasteiger partial charge is 0.358 e. The van der Waals surface area contributed by atoms with Gasteiger partial charge in [-0.25, -0.2) is 18.6 Å². The minimum Gasteiger partial charge on any atom is -0.358 e. The van der Waals surface area contributed by atoms with Crippen molar-refractivity contribution in [3.8, 4) is 0 Å². The molecule has 0 radical (unpaired) electrons. The standard InChI is InChI=1S/C7H6F2N2O3/c1-3-4(6(8)9)2-5(11(13)14)10-7(3)12/h2,6H,1H3,(H,10,12). The average Bonchev–Trinajstić information content (AvgIpc) is 2.08. The number of aromatic nitrogens is 1. The lowest BCUT2D eigenvalue weighted by Crippen LogP contribution is -2.14. The zero-order valence-corrected chi connectivity index (χ0v) is 7.08. The Morgan fingerprint density at radius 3 is 2.57 bits per heavy atom. The number of aromatic amines is 1. The first-order valence-corrected chi connectivity index (χ1v) is 3.60. The third-order valence-electron chi connectivity index (χ3n) is 1.74. The number of hydrogen-bond donors (Lipinski definition) is 1. The van der Waals surface area contributed by atoms with Crippen molar-refractivity contribution >= 4 is 5.82 Å². The van der Waals surface area contributed by atoms with Gasteiger partial charge in [0.2, 0.25) is 0 Å². The zero-order valence-electron chi connectivity index (χ0n) is 7.08. The first kappa shape index (κ1) is 10.3. The van der Waals surface area contributed by atoms with E-state index in [1.807, 2.05) is 4.98 Å². The molecular weight excluding hydrogens is 198 g/mol. The molecule has 5 nitrogen and oxygen atoms in total. The second-order valence-electron chi connectivity index (χ2n) is 2.62. The molecule has 0 spiro atoms. The van der Waals surface area contributed by atoms with Crippen LogP contribution in [-0.2, 0) is 0 Å². The van der Waals surface area contributed by atoms with Crippen molar-refractivity contribution in [2.24, 2.45) is 0 Å². The number of pyridine rings is 1. The third kappa shape index (κ3) is 1.76. The van der Waals surface area contributed by atoms with E-state index in [4.69, 9.17) is 0 Å². The van der Waals surface area contributed by atoms with Gasteiger partial charge < -0.3 is 10.1 Å². The van der Waals surface area contributed by atoms with Crippen LogP contribution >= 0.6 is 0 Å². The molecule has 0 atom stereocenters. The van der Waals surface area contributed by atoms with Crippen molar-refractivity contribution in [2.45, 2.75) is 13.3 Å². The number of H-pyrrole nitrogens is 1. The number of halogens is 2. The van der Waals surface area contributed by atoms with Crippen LogP contribution in [0.15, 0.2) is 10.9 Å². The van der Waals surface area contributed by atoms with Gasteiger partial charge in [-0.1, -0.05) is 0 Å². The summed E-state index contributed by atoms with van der Waals surface area (Å²) in [5, 5.41) is 10.2. The lowest BCUT2D eigenvalue weighted by molar-refractivity contribution is -0.389. The van der Waals surface area contributed by atoms with Crippen molar-refractivity contribution in [1.29, 1.82) is 0 Å². The van der Waals surface area contributed by atoms with Gasteiger partial charge in [0.1, 0.15) is 0 Å². The fourth-order valence-electron chi connectivity index (χ4n) is 0.958. The maximum Gasteiger partial charge on any atom is 0.335 e. The summed E-state index contributed by atoms with van der Waals surface area (Å²) < 4.78 is 24.6. The molecule has 1 aromatic rings. The van der Waals surface area contributed by atoms with Crippen molar-refractivity contribution in [2.75, 3.05) is 0 Å². The molecule has 14 heavy (non-hydrogen) atoms. The molecule has 0 bridgehead atoms. The van der Waals surface area contributed by atoms with E-state index in [0.717, 1.165) is 0 Å². The number of hydrogen-bond acceptors (Lipinski definition) is 3. The minimum absolute atomic E-state index is 0.203. The Morgan fingerprint density at radius 1 is 1.57 bits per heavy atom. The van der Waals surface area contributed by atoms with E-state index in [0.29, 0.717) is 6.07 Å². The summed E-state index contributed by atoms with van der Waals surface area (Å²) in [6, 6.07) is 0.668. The number of rotatable bonds is 2. The second-order valence-corrected chi connectivity index (χ2v) is 2.62. The first-order valence-electron chi connectivity index (χ1n) is 3.60. The molecule has 0 aliphatic heterocycles. The molecule has 0 aliphatic rings. The van der Waals surface area contributed by atoms with E-state index in [-0.39, 0.29) is 5.56 Å². The molecule has 1 N–H and O–H groups in total. The molecule has 0 fully saturated rings. The summed E-state index contributed by atoms with van der Waals surface area (Å²) in [5.41, 5.74) is -1.68. The Balaban J connectivity index is 3.43. The summed E-state index contributed by atoms with van der Waals surface area (Å²) in [6.45, 7) is 1.18. The molecule has 0 saturated heterocycles. The van der Waals surface area contributed by atoms with Gasteiger partial charge in [0, 0.05) is 17.2 Å². The first-order chi connectivity index (χ1) is 6.43. The van der Waals surface area contributed by atoms with Crippen LogP contribution in [0.2, 0.25) is 0 Å². The normalized spacial score (nSPS) is 10.6. The lowest BCUT2D eigenvalue weighted by Gasteiger charge is -2.02. The van der Waals surface area contributed by atoms with Crippen LogP contribution in [0.5, 0.6) is 0 Å². The fourth-order valence-corrected chi connectivity index (χ4v) is 0.958. The van der Waals surface area contributed by atoms with Gasteiger partial charge in [-0.3, -0.25) is 0 Å². The predicted octanol–water partition coefficient (Wildman–Crippen LogP) is 1.53. The molecule has 1 aromatic heterocycles. The Morgan fingerprint density at radius 2 is 2.14 bits per heavy atom. The number of alkyl halides is 2. The summed E-state index contributed by atoms with van der Waals surface area (Å²) >= 11 is 0. The summed E-state index contributed by atoms with van der Waals surface area (Å²) in [7, 11) is 0. The highest BCUT2D eigenvalue weighted by Gasteiger charge is 2.18. The van der Waals surface area contributed by atoms with Gasteiger partial charge in [0.15, 0.2) is 0 Å². The molecule has 7 heteroatoms. The molecule has 0 saturated carbocycles. The molecule has 0 unspecified atom stereocenters. The van der Waals surface area contributed by atoms with Crippen LogP contribution in [0, 0.1) is 17.0 Å². The van der Waals surface area contributed by atoms with Gasteiger partial charge in [-0.15, -0.1) is 0 Å². The van der Waals surface area contributed by atoms with Crippen LogP contribution in [0.1, 0.15) is 17.6 Å². The van der Waals surface area contributed by atoms with E-state index < -0.39 is 28.3 Å². The lowest BCUT2D eigenvalue weighted by atomic mass is 10.1. The second kappa shape index (κ2) is 3.52. The van der Waals surface area contributed by atoms with Crippen molar-refractivity contribution in [1.82, 2.24) is 4.98 Å². The Kier molecular flexibility index (Phi) is 2.59. The van der Waals surface area contributed by atoms with Crippen LogP contribution in [-0.4, -0.2) is 9.91 Å². The predicted molar refractivity (Wildman–Crippen MR) is 43.4 cm³/mol. The van der Waals surface area contributed by atoms with Gasteiger partial charge in [0.25, 0.3) is 6.43 Å². The summed E-state index contributed by atoms with van der Waals surface area (Å²) in [5.74, 6) is -0.726. The highest BCUT2D eigenvalue weighted by Crippen LogP contribution is 2.22. The molecule has 0 aliphatic carbocycles. The van der Waals surface area contributed by atoms with Crippen LogP contribution in [0.3, 0.4) is 0 Å². The summed E-state index contributed by atoms with van der Waals surface area (Å²) in [6.07, 6.45) is -2.89. The van der Waals surface area contributed by atoms with E-state index >= 15 is 0 Å². The van der Waals surface area contributed by atoms with Crippen LogP contribution in [0.25, 0.3) is 0 Å². The number of nitro groups is 1. The molecule has 76 valence electrons. The SMILES string of the molecule is Cc1c(C(F)F)cc([N+](=O)[O-])[nH]c1=O. The van der Waals surface area contributed by atoms with Gasteiger partial charge >= 0.3 is 11.4 Å². The van der Waals surface area contributed by atoms with E-state index in [2.05, 4.69) is 0 Å². The Labute approximate surface area is 76.5 Å². The number of nitrogens with zero attached hydrogens (tertiary/aromatic N) is 1. The van der Waals surface area contributed by atoms with Crippen molar-refractivity contribution < 1.29 is 13.7 Å². The summed E-state index contributed by atoms with van der Waals surface area (Å²) in [4.78, 5) is 22.2. The van der Waals surface area contributed by atoms with Crippen molar-refractivity contribution in [3.05, 3.63) is 37.7 Å². The fraction of sp³-hybridized carbons (Fsp3) is 0.286. The zero-order chi connectivity index (χ0) is 10.9. The highest BCUT2D eigenvalue weighted by atomic mass is 19.3. The van der Waals surface area contributed by atoms with Gasteiger partial charge in [-0.2, -0.15) is 0 Å². The quantitative estimate of drug-likeness (QED) is 0.586. The van der Waals surface area contributed by atoms with Crippen LogP contribution in [0.4, 0.5) is 14.6 Å². The maximum absolute atomic E-state index is 12.3. The Bertz CT molecular complexity index is 427. The number of nitrogens with one attached hydrogen (secondary N) is 1. The average molecular weight is 204 g/mol. The molecule has 0 aromatic carbocycles. The van der Waals surface area contributed by atoms with Crippen molar-refractivity contribution in [3.63, 3.8) is 0 Å². The van der Waals surface area contributed by atoms with Crippen LogP contribution < -0.4 is 5.56 Å². The molecular formula is C7H6F2N2O3. The Hall–Kier alpha value is -1.79.